The maximum Gasteiger partial charge on any atom is 0.0645 e. The van der Waals surface area contributed by atoms with Crippen LogP contribution in [-0.2, 0) is 6.54 Å². The normalized spacial score (nSPS) is 19.8. The highest BCUT2D eigenvalue weighted by atomic mass is 15.3. The van der Waals surface area contributed by atoms with E-state index in [4.69, 9.17) is 0 Å². The van der Waals surface area contributed by atoms with Crippen LogP contribution in [0.5, 0.6) is 0 Å². The molecule has 2 aromatic rings. The third-order valence-electron chi connectivity index (χ3n) is 4.34. The van der Waals surface area contributed by atoms with Crippen molar-refractivity contribution in [3.05, 3.63) is 48.3 Å². The fourth-order valence-electron chi connectivity index (χ4n) is 2.97. The maximum atomic E-state index is 4.24. The van der Waals surface area contributed by atoms with Gasteiger partial charge in [0.1, 0.15) is 0 Å². The molecule has 0 radical (unpaired) electrons. The van der Waals surface area contributed by atoms with E-state index in [1.165, 1.54) is 31.4 Å². The van der Waals surface area contributed by atoms with Crippen LogP contribution in [0.25, 0.3) is 5.69 Å². The Kier molecular flexibility index (Phi) is 4.68. The molecule has 1 aliphatic heterocycles. The second-order valence-electron chi connectivity index (χ2n) is 5.88. The van der Waals surface area contributed by atoms with Crippen molar-refractivity contribution in [3.63, 3.8) is 0 Å². The van der Waals surface area contributed by atoms with E-state index in [0.717, 1.165) is 18.8 Å². The molecular formula is C17H24N4. The summed E-state index contributed by atoms with van der Waals surface area (Å²) in [6.45, 7) is 3.26. The van der Waals surface area contributed by atoms with Crippen LogP contribution >= 0.6 is 0 Å². The summed E-state index contributed by atoms with van der Waals surface area (Å²) in [5.74, 6) is 0. The lowest BCUT2D eigenvalue weighted by atomic mass is 10.0. The molecule has 1 aromatic heterocycles. The molecule has 1 saturated heterocycles. The van der Waals surface area contributed by atoms with Gasteiger partial charge in [-0.05, 0) is 50.2 Å². The fourth-order valence-corrected chi connectivity index (χ4v) is 2.97. The van der Waals surface area contributed by atoms with Gasteiger partial charge in [-0.1, -0.05) is 18.6 Å². The van der Waals surface area contributed by atoms with Crippen LogP contribution in [0.1, 0.15) is 24.8 Å². The first-order valence-corrected chi connectivity index (χ1v) is 7.83. The predicted molar refractivity (Wildman–Crippen MR) is 85.5 cm³/mol. The number of benzene rings is 1. The molecule has 2 heterocycles. The minimum absolute atomic E-state index is 0.696. The van der Waals surface area contributed by atoms with Gasteiger partial charge in [-0.3, -0.25) is 0 Å². The van der Waals surface area contributed by atoms with Crippen molar-refractivity contribution in [2.75, 3.05) is 20.1 Å². The number of nitrogens with one attached hydrogen (secondary N) is 1. The quantitative estimate of drug-likeness (QED) is 0.915. The van der Waals surface area contributed by atoms with E-state index in [9.17, 15) is 0 Å². The van der Waals surface area contributed by atoms with Crippen LogP contribution in [0.4, 0.5) is 0 Å². The lowest BCUT2D eigenvalue weighted by molar-refractivity contribution is 0.181. The standard InChI is InChI=1S/C17H24N4/c1-20-11-3-2-5-17(20)14-18-13-15-6-8-16(9-7-15)21-12-4-10-19-21/h4,6-10,12,17-18H,2-3,5,11,13-14H2,1H3. The first-order valence-electron chi connectivity index (χ1n) is 7.83. The number of rotatable bonds is 5. The summed E-state index contributed by atoms with van der Waals surface area (Å²) in [7, 11) is 2.24. The van der Waals surface area contributed by atoms with Crippen molar-refractivity contribution in [1.29, 1.82) is 0 Å². The minimum atomic E-state index is 0.696. The van der Waals surface area contributed by atoms with Gasteiger partial charge in [0.15, 0.2) is 0 Å². The molecule has 3 rings (SSSR count). The summed E-state index contributed by atoms with van der Waals surface area (Å²) < 4.78 is 1.88. The highest BCUT2D eigenvalue weighted by Gasteiger charge is 2.17. The molecule has 1 unspecified atom stereocenters. The summed E-state index contributed by atoms with van der Waals surface area (Å²) in [6, 6.07) is 11.2. The average Bonchev–Trinajstić information content (AvgIpc) is 3.04. The minimum Gasteiger partial charge on any atom is -0.311 e. The smallest absolute Gasteiger partial charge is 0.0645 e. The van der Waals surface area contributed by atoms with E-state index in [2.05, 4.69) is 46.6 Å². The van der Waals surface area contributed by atoms with E-state index in [1.54, 1.807) is 6.20 Å². The molecule has 0 spiro atoms. The molecule has 0 bridgehead atoms. The van der Waals surface area contributed by atoms with E-state index >= 15 is 0 Å². The number of nitrogens with zero attached hydrogens (tertiary/aromatic N) is 3. The Morgan fingerprint density at radius 2 is 2.10 bits per heavy atom. The molecule has 1 N–H and O–H groups in total. The second-order valence-corrected chi connectivity index (χ2v) is 5.88. The molecule has 1 aliphatic rings. The Hall–Kier alpha value is -1.65. The maximum absolute atomic E-state index is 4.24. The number of hydrogen-bond acceptors (Lipinski definition) is 3. The monoisotopic (exact) mass is 284 g/mol. The van der Waals surface area contributed by atoms with E-state index in [0.29, 0.717) is 6.04 Å². The molecule has 0 saturated carbocycles. The summed E-state index contributed by atoms with van der Waals surface area (Å²) in [5.41, 5.74) is 2.43. The van der Waals surface area contributed by atoms with Crippen LogP contribution in [0.2, 0.25) is 0 Å². The van der Waals surface area contributed by atoms with Crippen molar-refractivity contribution in [2.45, 2.75) is 31.8 Å². The van der Waals surface area contributed by atoms with Gasteiger partial charge in [-0.25, -0.2) is 4.68 Å². The van der Waals surface area contributed by atoms with Gasteiger partial charge < -0.3 is 10.2 Å². The van der Waals surface area contributed by atoms with Crippen molar-refractivity contribution in [2.24, 2.45) is 0 Å². The molecule has 1 fully saturated rings. The molecule has 1 aromatic carbocycles. The number of aromatic nitrogens is 2. The third kappa shape index (κ3) is 3.71. The summed E-state index contributed by atoms with van der Waals surface area (Å²) in [5, 5.41) is 7.84. The van der Waals surface area contributed by atoms with Gasteiger partial charge in [-0.15, -0.1) is 0 Å². The molecule has 4 heteroatoms. The molecule has 4 nitrogen and oxygen atoms in total. The highest BCUT2D eigenvalue weighted by Crippen LogP contribution is 2.14. The van der Waals surface area contributed by atoms with Crippen LogP contribution in [0.15, 0.2) is 42.7 Å². The zero-order valence-corrected chi connectivity index (χ0v) is 12.7. The van der Waals surface area contributed by atoms with Gasteiger partial charge in [0.25, 0.3) is 0 Å². The second kappa shape index (κ2) is 6.87. The van der Waals surface area contributed by atoms with Crippen LogP contribution < -0.4 is 5.32 Å². The highest BCUT2D eigenvalue weighted by molar-refractivity contribution is 5.33. The van der Waals surface area contributed by atoms with Crippen molar-refractivity contribution >= 4 is 0 Å². The van der Waals surface area contributed by atoms with Crippen molar-refractivity contribution < 1.29 is 0 Å². The first-order chi connectivity index (χ1) is 10.3. The van der Waals surface area contributed by atoms with E-state index in [1.807, 2.05) is 16.9 Å². The van der Waals surface area contributed by atoms with E-state index in [-0.39, 0.29) is 0 Å². The zero-order chi connectivity index (χ0) is 14.5. The Morgan fingerprint density at radius 1 is 1.24 bits per heavy atom. The lowest BCUT2D eigenvalue weighted by Gasteiger charge is -2.32. The number of likely N-dealkylation sites (tertiary alicyclic amines) is 1. The predicted octanol–water partition coefficient (Wildman–Crippen LogP) is 2.45. The van der Waals surface area contributed by atoms with Gasteiger partial charge in [0.05, 0.1) is 5.69 Å². The Labute approximate surface area is 126 Å². The Balaban J connectivity index is 1.49. The molecule has 21 heavy (non-hydrogen) atoms. The molecule has 0 aliphatic carbocycles. The van der Waals surface area contributed by atoms with Gasteiger partial charge >= 0.3 is 0 Å². The summed E-state index contributed by atoms with van der Waals surface area (Å²) >= 11 is 0. The Bertz CT molecular complexity index is 532. The topological polar surface area (TPSA) is 33.1 Å². The lowest BCUT2D eigenvalue weighted by Crippen LogP contribution is -2.42. The van der Waals surface area contributed by atoms with Gasteiger partial charge in [0, 0.05) is 31.5 Å². The molecule has 1 atom stereocenters. The van der Waals surface area contributed by atoms with Crippen molar-refractivity contribution in [1.82, 2.24) is 20.0 Å². The molecule has 112 valence electrons. The number of piperidine rings is 1. The third-order valence-corrected chi connectivity index (χ3v) is 4.34. The van der Waals surface area contributed by atoms with Crippen LogP contribution in [0.3, 0.4) is 0 Å². The number of likely N-dealkylation sites (N-methyl/N-ethyl adjacent to an activating group) is 1. The van der Waals surface area contributed by atoms with Gasteiger partial charge in [0.2, 0.25) is 0 Å². The first kappa shape index (κ1) is 14.3. The summed E-state index contributed by atoms with van der Waals surface area (Å²) in [6.07, 6.45) is 7.81. The number of hydrogen-bond donors (Lipinski definition) is 1. The van der Waals surface area contributed by atoms with Crippen molar-refractivity contribution in [3.8, 4) is 5.69 Å². The largest absolute Gasteiger partial charge is 0.311 e. The molecular weight excluding hydrogens is 260 g/mol. The van der Waals surface area contributed by atoms with Crippen LogP contribution in [-0.4, -0.2) is 40.9 Å². The van der Waals surface area contributed by atoms with Crippen LogP contribution in [0, 0.1) is 0 Å². The average molecular weight is 284 g/mol. The fraction of sp³-hybridized carbons (Fsp3) is 0.471. The van der Waals surface area contributed by atoms with E-state index < -0.39 is 0 Å². The SMILES string of the molecule is CN1CCCCC1CNCc1ccc(-n2cccn2)cc1. The zero-order valence-electron chi connectivity index (χ0n) is 12.7. The van der Waals surface area contributed by atoms with Gasteiger partial charge in [-0.2, -0.15) is 5.10 Å². The summed E-state index contributed by atoms with van der Waals surface area (Å²) in [4.78, 5) is 2.48. The Morgan fingerprint density at radius 3 is 2.81 bits per heavy atom. The molecule has 0 amide bonds.